The predicted octanol–water partition coefficient (Wildman–Crippen LogP) is 2.72. The number of carbonyl (C=O) groups excluding carboxylic acids is 1. The van der Waals surface area contributed by atoms with Crippen molar-refractivity contribution in [3.8, 4) is 5.88 Å². The summed E-state index contributed by atoms with van der Waals surface area (Å²) >= 11 is 0. The van der Waals surface area contributed by atoms with Gasteiger partial charge in [-0.15, -0.1) is 0 Å². The Bertz CT molecular complexity index is 685. The molecule has 1 aromatic rings. The topological polar surface area (TPSA) is 51.7 Å². The molecule has 25 heavy (non-hydrogen) atoms. The summed E-state index contributed by atoms with van der Waals surface area (Å²) in [4.78, 5) is 18.2. The predicted molar refractivity (Wildman–Crippen MR) is 89.6 cm³/mol. The lowest BCUT2D eigenvalue weighted by Crippen LogP contribution is -2.66. The summed E-state index contributed by atoms with van der Waals surface area (Å²) in [6, 6.07) is 2.89. The summed E-state index contributed by atoms with van der Waals surface area (Å²) in [5.74, 6) is 0.115. The first kappa shape index (κ1) is 16.5. The highest BCUT2D eigenvalue weighted by atomic mass is 19.1. The number of hydrogen-bond acceptors (Lipinski definition) is 4. The monoisotopic (exact) mass is 346 g/mol. The highest BCUT2D eigenvalue weighted by Crippen LogP contribution is 2.42. The minimum Gasteiger partial charge on any atom is -0.476 e. The molecule has 2 fully saturated rings. The number of pyridine rings is 1. The number of nitrogens with zero attached hydrogens (tertiary/aromatic N) is 2. The van der Waals surface area contributed by atoms with Crippen LogP contribution in [0.25, 0.3) is 0 Å². The Hall–Kier alpha value is -1.95. The molecule has 0 radical (unpaired) electrons. The zero-order chi connectivity index (χ0) is 17.3. The molecule has 1 atom stereocenters. The summed E-state index contributed by atoms with van der Waals surface area (Å²) in [5, 5.41) is 0. The fraction of sp³-hybridized carbons (Fsp3) is 0.579. The molecule has 1 aromatic heterocycles. The van der Waals surface area contributed by atoms with Crippen molar-refractivity contribution in [2.45, 2.75) is 37.7 Å². The first-order chi connectivity index (χ1) is 12.2. The van der Waals surface area contributed by atoms with Crippen LogP contribution in [0.5, 0.6) is 5.88 Å². The van der Waals surface area contributed by atoms with Crippen LogP contribution in [0.4, 0.5) is 4.39 Å². The maximum Gasteiger partial charge on any atom is 0.250 e. The van der Waals surface area contributed by atoms with E-state index in [9.17, 15) is 9.18 Å². The Balaban J connectivity index is 1.30. The van der Waals surface area contributed by atoms with Crippen molar-refractivity contribution in [2.75, 3.05) is 26.3 Å². The second-order valence-electron chi connectivity index (χ2n) is 7.11. The van der Waals surface area contributed by atoms with Crippen molar-refractivity contribution >= 4 is 5.91 Å². The van der Waals surface area contributed by atoms with Crippen molar-refractivity contribution < 1.29 is 18.7 Å². The van der Waals surface area contributed by atoms with Gasteiger partial charge in [-0.2, -0.15) is 0 Å². The number of rotatable bonds is 5. The van der Waals surface area contributed by atoms with Crippen LogP contribution in [0.2, 0.25) is 0 Å². The Morgan fingerprint density at radius 1 is 1.48 bits per heavy atom. The summed E-state index contributed by atoms with van der Waals surface area (Å²) in [6.45, 7) is 2.44. The third-order valence-corrected chi connectivity index (χ3v) is 5.55. The third kappa shape index (κ3) is 3.15. The number of amides is 1. The fourth-order valence-corrected chi connectivity index (χ4v) is 4.13. The van der Waals surface area contributed by atoms with E-state index in [1.807, 2.05) is 4.90 Å². The average Bonchev–Trinajstić information content (AvgIpc) is 3.24. The van der Waals surface area contributed by atoms with Crippen LogP contribution in [0, 0.1) is 11.7 Å². The number of halogens is 1. The van der Waals surface area contributed by atoms with Gasteiger partial charge in [-0.05, 0) is 50.2 Å². The van der Waals surface area contributed by atoms with Crippen LogP contribution in [0.15, 0.2) is 30.0 Å². The summed E-state index contributed by atoms with van der Waals surface area (Å²) in [6.07, 6.45) is 8.32. The molecule has 3 heterocycles. The normalized spacial score (nSPS) is 24.3. The van der Waals surface area contributed by atoms with Crippen molar-refractivity contribution in [1.82, 2.24) is 9.88 Å². The smallest absolute Gasteiger partial charge is 0.250 e. The van der Waals surface area contributed by atoms with Crippen molar-refractivity contribution in [1.29, 1.82) is 0 Å². The Morgan fingerprint density at radius 2 is 2.36 bits per heavy atom. The van der Waals surface area contributed by atoms with Gasteiger partial charge in [0.2, 0.25) is 11.8 Å². The Labute approximate surface area is 146 Å². The first-order valence-electron chi connectivity index (χ1n) is 9.03. The van der Waals surface area contributed by atoms with Gasteiger partial charge in [0, 0.05) is 18.4 Å². The van der Waals surface area contributed by atoms with E-state index in [-0.39, 0.29) is 17.4 Å². The Kier molecular flexibility index (Phi) is 4.46. The molecule has 2 saturated heterocycles. The van der Waals surface area contributed by atoms with Crippen molar-refractivity contribution in [3.63, 3.8) is 0 Å². The fourth-order valence-electron chi connectivity index (χ4n) is 4.13. The molecule has 1 amide bonds. The van der Waals surface area contributed by atoms with Crippen LogP contribution < -0.4 is 4.74 Å². The van der Waals surface area contributed by atoms with Gasteiger partial charge in [0.1, 0.15) is 5.60 Å². The summed E-state index contributed by atoms with van der Waals surface area (Å²) in [5.41, 5.74) is 0.722. The van der Waals surface area contributed by atoms with Gasteiger partial charge in [0.15, 0.2) is 5.82 Å². The molecule has 0 saturated carbocycles. The highest BCUT2D eigenvalue weighted by Gasteiger charge is 2.54. The van der Waals surface area contributed by atoms with Gasteiger partial charge in [0.05, 0.1) is 19.7 Å². The minimum atomic E-state index is -0.440. The zero-order valence-corrected chi connectivity index (χ0v) is 14.2. The summed E-state index contributed by atoms with van der Waals surface area (Å²) < 4.78 is 25.0. The standard InChI is InChI=1S/C19H23FN2O3/c20-16-6-3-9-21-17(16)24-10-7-15-8-11-25-19(15)12-22(13-19)18(23)14-4-1-2-5-14/h3-4,6,9,15H,1-2,5,7-8,10-13H2/t15-/m0/s1. The first-order valence-corrected chi connectivity index (χ1v) is 9.03. The molecule has 0 aromatic carbocycles. The summed E-state index contributed by atoms with van der Waals surface area (Å²) in [7, 11) is 0. The van der Waals surface area contributed by atoms with Crippen molar-refractivity contribution in [3.05, 3.63) is 35.8 Å². The molecule has 5 nitrogen and oxygen atoms in total. The van der Waals surface area contributed by atoms with E-state index in [1.165, 1.54) is 12.3 Å². The van der Waals surface area contributed by atoms with Gasteiger partial charge in [0.25, 0.3) is 0 Å². The van der Waals surface area contributed by atoms with Gasteiger partial charge in [-0.1, -0.05) is 6.08 Å². The van der Waals surface area contributed by atoms with Crippen LogP contribution in [-0.4, -0.2) is 47.7 Å². The Morgan fingerprint density at radius 3 is 3.12 bits per heavy atom. The third-order valence-electron chi connectivity index (χ3n) is 5.55. The van der Waals surface area contributed by atoms with E-state index in [1.54, 1.807) is 6.07 Å². The maximum absolute atomic E-state index is 13.5. The molecule has 3 aliphatic rings. The molecule has 2 aliphatic heterocycles. The quantitative estimate of drug-likeness (QED) is 0.823. The highest BCUT2D eigenvalue weighted by molar-refractivity contribution is 5.94. The number of likely N-dealkylation sites (tertiary alicyclic amines) is 1. The van der Waals surface area contributed by atoms with Gasteiger partial charge in [-0.25, -0.2) is 9.37 Å². The molecular weight excluding hydrogens is 323 g/mol. The lowest BCUT2D eigenvalue weighted by Gasteiger charge is -2.50. The van der Waals surface area contributed by atoms with Crippen molar-refractivity contribution in [2.24, 2.45) is 5.92 Å². The van der Waals surface area contributed by atoms with Gasteiger partial charge < -0.3 is 14.4 Å². The van der Waals surface area contributed by atoms with E-state index < -0.39 is 5.82 Å². The van der Waals surface area contributed by atoms with Crippen LogP contribution in [0.1, 0.15) is 32.1 Å². The van der Waals surface area contributed by atoms with E-state index in [4.69, 9.17) is 9.47 Å². The maximum atomic E-state index is 13.5. The molecular formula is C19H23FN2O3. The number of hydrogen-bond donors (Lipinski definition) is 0. The van der Waals surface area contributed by atoms with Crippen LogP contribution in [0.3, 0.4) is 0 Å². The number of allylic oxidation sites excluding steroid dienone is 1. The minimum absolute atomic E-state index is 0.0500. The van der Waals surface area contributed by atoms with E-state index in [2.05, 4.69) is 11.1 Å². The van der Waals surface area contributed by atoms with Crippen LogP contribution >= 0.6 is 0 Å². The second kappa shape index (κ2) is 6.75. The van der Waals surface area contributed by atoms with E-state index >= 15 is 0 Å². The molecule has 4 rings (SSSR count). The second-order valence-corrected chi connectivity index (χ2v) is 7.11. The molecule has 6 heteroatoms. The van der Waals surface area contributed by atoms with E-state index in [0.717, 1.165) is 37.7 Å². The van der Waals surface area contributed by atoms with Gasteiger partial charge in [-0.3, -0.25) is 4.79 Å². The lowest BCUT2D eigenvalue weighted by molar-refractivity contribution is -0.162. The zero-order valence-electron chi connectivity index (χ0n) is 14.2. The number of carbonyl (C=O) groups is 1. The molecule has 1 spiro atoms. The van der Waals surface area contributed by atoms with E-state index in [0.29, 0.717) is 32.2 Å². The average molecular weight is 346 g/mol. The SMILES string of the molecule is O=C(C1=CCCC1)N1CC2(C1)OCC[C@@H]2CCOc1ncccc1F. The molecule has 0 unspecified atom stereocenters. The number of aromatic nitrogens is 1. The lowest BCUT2D eigenvalue weighted by atomic mass is 9.79. The van der Waals surface area contributed by atoms with Crippen LogP contribution in [-0.2, 0) is 9.53 Å². The largest absolute Gasteiger partial charge is 0.476 e. The molecule has 0 N–H and O–H groups in total. The number of ether oxygens (including phenoxy) is 2. The molecule has 0 bridgehead atoms. The van der Waals surface area contributed by atoms with Gasteiger partial charge >= 0.3 is 0 Å². The molecule has 1 aliphatic carbocycles. The molecule has 134 valence electrons.